The van der Waals surface area contributed by atoms with Gasteiger partial charge in [-0.15, -0.1) is 12.4 Å². The largest absolute Gasteiger partial charge is 0.339 e. The molecule has 0 aromatic heterocycles. The number of likely N-dealkylation sites (N-methyl/N-ethyl adjacent to an activating group) is 1. The Hall–Kier alpha value is -1.70. The Balaban J connectivity index is 0.00000242. The van der Waals surface area contributed by atoms with Crippen LogP contribution in [0, 0.1) is 10.1 Å². The molecular formula is C14H21ClN4O3. The maximum absolute atomic E-state index is 12.1. The average molecular weight is 329 g/mol. The third-order valence-electron chi connectivity index (χ3n) is 3.45. The topological polar surface area (TPSA) is 78.7 Å². The predicted molar refractivity (Wildman–Crippen MR) is 86.1 cm³/mol. The molecule has 1 heterocycles. The molecule has 0 aliphatic carbocycles. The van der Waals surface area contributed by atoms with Crippen molar-refractivity contribution in [3.8, 4) is 0 Å². The number of benzene rings is 1. The van der Waals surface area contributed by atoms with Gasteiger partial charge in [-0.3, -0.25) is 19.8 Å². The Bertz CT molecular complexity index is 521. The van der Waals surface area contributed by atoms with E-state index in [0.717, 1.165) is 31.7 Å². The van der Waals surface area contributed by atoms with Gasteiger partial charge in [-0.05, 0) is 12.6 Å². The Labute approximate surface area is 135 Å². The summed E-state index contributed by atoms with van der Waals surface area (Å²) in [5.41, 5.74) is 0.911. The number of carbonyl (C=O) groups excluding carboxylic acids is 1. The van der Waals surface area contributed by atoms with Crippen LogP contribution in [0.3, 0.4) is 0 Å². The highest BCUT2D eigenvalue weighted by Gasteiger charge is 2.17. The molecule has 2 rings (SSSR count). The summed E-state index contributed by atoms with van der Waals surface area (Å²) in [6.45, 7) is 3.98. The second-order valence-electron chi connectivity index (χ2n) is 5.23. The molecular weight excluding hydrogens is 308 g/mol. The van der Waals surface area contributed by atoms with Crippen molar-refractivity contribution in [3.63, 3.8) is 0 Å². The number of nitro groups is 1. The van der Waals surface area contributed by atoms with Crippen LogP contribution < -0.4 is 5.32 Å². The van der Waals surface area contributed by atoms with Gasteiger partial charge in [-0.2, -0.15) is 0 Å². The molecule has 122 valence electrons. The van der Waals surface area contributed by atoms with Crippen molar-refractivity contribution in [2.75, 3.05) is 39.8 Å². The van der Waals surface area contributed by atoms with E-state index in [1.54, 1.807) is 12.1 Å². The van der Waals surface area contributed by atoms with E-state index >= 15 is 0 Å². The SMILES string of the molecule is CN(CC(=O)N1CCNCC1)Cc1cccc([N+](=O)[O-])c1.Cl. The number of rotatable bonds is 5. The van der Waals surface area contributed by atoms with Gasteiger partial charge in [0.05, 0.1) is 11.5 Å². The molecule has 7 nitrogen and oxygen atoms in total. The number of nitrogens with one attached hydrogen (secondary N) is 1. The molecule has 1 aliphatic heterocycles. The standard InChI is InChI=1S/C14H20N4O3.ClH/c1-16(11-14(19)17-7-5-15-6-8-17)10-12-3-2-4-13(9-12)18(20)21;/h2-4,9,15H,5-8,10-11H2,1H3;1H. The highest BCUT2D eigenvalue weighted by molar-refractivity contribution is 5.85. The van der Waals surface area contributed by atoms with Gasteiger partial charge in [-0.25, -0.2) is 0 Å². The number of nitrogens with zero attached hydrogens (tertiary/aromatic N) is 3. The number of non-ortho nitro benzene ring substituents is 1. The van der Waals surface area contributed by atoms with E-state index in [1.807, 2.05) is 22.9 Å². The number of nitro benzene ring substituents is 1. The van der Waals surface area contributed by atoms with Crippen LogP contribution in [-0.4, -0.2) is 60.4 Å². The first-order valence-electron chi connectivity index (χ1n) is 6.96. The molecule has 0 spiro atoms. The molecule has 22 heavy (non-hydrogen) atoms. The summed E-state index contributed by atoms with van der Waals surface area (Å²) in [6, 6.07) is 6.51. The van der Waals surface area contributed by atoms with E-state index in [0.29, 0.717) is 13.1 Å². The van der Waals surface area contributed by atoms with Gasteiger partial charge in [0.25, 0.3) is 5.69 Å². The van der Waals surface area contributed by atoms with E-state index in [4.69, 9.17) is 0 Å². The predicted octanol–water partition coefficient (Wildman–Crippen LogP) is 0.880. The summed E-state index contributed by atoms with van der Waals surface area (Å²) in [6.07, 6.45) is 0. The van der Waals surface area contributed by atoms with Crippen molar-refractivity contribution in [1.82, 2.24) is 15.1 Å². The van der Waals surface area contributed by atoms with Gasteiger partial charge in [0, 0.05) is 44.9 Å². The Morgan fingerprint density at radius 2 is 2.09 bits per heavy atom. The van der Waals surface area contributed by atoms with Gasteiger partial charge in [-0.1, -0.05) is 12.1 Å². The maximum atomic E-state index is 12.1. The Morgan fingerprint density at radius 1 is 1.41 bits per heavy atom. The molecule has 1 amide bonds. The van der Waals surface area contributed by atoms with Crippen LogP contribution in [0.15, 0.2) is 24.3 Å². The zero-order chi connectivity index (χ0) is 15.2. The highest BCUT2D eigenvalue weighted by atomic mass is 35.5. The fourth-order valence-electron chi connectivity index (χ4n) is 2.38. The zero-order valence-electron chi connectivity index (χ0n) is 12.5. The number of amides is 1. The lowest BCUT2D eigenvalue weighted by atomic mass is 10.2. The lowest BCUT2D eigenvalue weighted by Crippen LogP contribution is -2.49. The molecule has 1 aromatic rings. The second-order valence-corrected chi connectivity index (χ2v) is 5.23. The minimum Gasteiger partial charge on any atom is -0.339 e. The molecule has 1 fully saturated rings. The van der Waals surface area contributed by atoms with Crippen LogP contribution in [0.2, 0.25) is 0 Å². The Morgan fingerprint density at radius 3 is 2.73 bits per heavy atom. The van der Waals surface area contributed by atoms with E-state index in [1.165, 1.54) is 6.07 Å². The van der Waals surface area contributed by atoms with Crippen LogP contribution >= 0.6 is 12.4 Å². The van der Waals surface area contributed by atoms with E-state index in [2.05, 4.69) is 5.32 Å². The number of piperazine rings is 1. The number of carbonyl (C=O) groups is 1. The molecule has 0 saturated carbocycles. The van der Waals surface area contributed by atoms with Crippen molar-refractivity contribution >= 4 is 24.0 Å². The summed E-state index contributed by atoms with van der Waals surface area (Å²) in [5.74, 6) is 0.101. The van der Waals surface area contributed by atoms with Gasteiger partial charge < -0.3 is 10.2 Å². The van der Waals surface area contributed by atoms with Gasteiger partial charge in [0.1, 0.15) is 0 Å². The highest BCUT2D eigenvalue weighted by Crippen LogP contribution is 2.14. The summed E-state index contributed by atoms with van der Waals surface area (Å²) in [5, 5.41) is 14.0. The quantitative estimate of drug-likeness (QED) is 0.641. The monoisotopic (exact) mass is 328 g/mol. The van der Waals surface area contributed by atoms with Crippen molar-refractivity contribution in [3.05, 3.63) is 39.9 Å². The molecule has 8 heteroatoms. The van der Waals surface area contributed by atoms with Crippen molar-refractivity contribution in [2.24, 2.45) is 0 Å². The molecule has 0 unspecified atom stereocenters. The van der Waals surface area contributed by atoms with Crippen molar-refractivity contribution in [1.29, 1.82) is 0 Å². The van der Waals surface area contributed by atoms with Crippen molar-refractivity contribution < 1.29 is 9.72 Å². The lowest BCUT2D eigenvalue weighted by Gasteiger charge is -2.29. The van der Waals surface area contributed by atoms with Gasteiger partial charge in [0.15, 0.2) is 0 Å². The first kappa shape index (κ1) is 18.3. The molecule has 1 aliphatic rings. The lowest BCUT2D eigenvalue weighted by molar-refractivity contribution is -0.384. The third-order valence-corrected chi connectivity index (χ3v) is 3.45. The number of hydrogen-bond acceptors (Lipinski definition) is 5. The van der Waals surface area contributed by atoms with Crippen LogP contribution in [0.1, 0.15) is 5.56 Å². The molecule has 1 N–H and O–H groups in total. The third kappa shape index (κ3) is 5.25. The molecule has 1 aromatic carbocycles. The summed E-state index contributed by atoms with van der Waals surface area (Å²) >= 11 is 0. The first-order chi connectivity index (χ1) is 10.1. The minimum absolute atomic E-state index is 0. The fourth-order valence-corrected chi connectivity index (χ4v) is 2.38. The second kappa shape index (κ2) is 8.67. The van der Waals surface area contributed by atoms with Gasteiger partial charge in [0.2, 0.25) is 5.91 Å². The summed E-state index contributed by atoms with van der Waals surface area (Å²) in [7, 11) is 1.85. The zero-order valence-corrected chi connectivity index (χ0v) is 13.3. The average Bonchev–Trinajstić information content (AvgIpc) is 2.48. The van der Waals surface area contributed by atoms with Crippen LogP contribution in [-0.2, 0) is 11.3 Å². The molecule has 0 radical (unpaired) electrons. The fraction of sp³-hybridized carbons (Fsp3) is 0.500. The van der Waals surface area contributed by atoms with Crippen LogP contribution in [0.5, 0.6) is 0 Å². The van der Waals surface area contributed by atoms with Crippen molar-refractivity contribution in [2.45, 2.75) is 6.54 Å². The molecule has 1 saturated heterocycles. The molecule has 0 atom stereocenters. The van der Waals surface area contributed by atoms with Crippen LogP contribution in [0.25, 0.3) is 0 Å². The van der Waals surface area contributed by atoms with E-state index in [9.17, 15) is 14.9 Å². The van der Waals surface area contributed by atoms with Gasteiger partial charge >= 0.3 is 0 Å². The Kier molecular flexibility index (Phi) is 7.23. The number of hydrogen-bond donors (Lipinski definition) is 1. The first-order valence-corrected chi connectivity index (χ1v) is 6.96. The normalized spacial score (nSPS) is 14.5. The summed E-state index contributed by atoms with van der Waals surface area (Å²) < 4.78 is 0. The molecule has 0 bridgehead atoms. The van der Waals surface area contributed by atoms with E-state index in [-0.39, 0.29) is 24.0 Å². The minimum atomic E-state index is -0.407. The maximum Gasteiger partial charge on any atom is 0.269 e. The number of halogens is 1. The van der Waals surface area contributed by atoms with Crippen LogP contribution in [0.4, 0.5) is 5.69 Å². The smallest absolute Gasteiger partial charge is 0.269 e. The summed E-state index contributed by atoms with van der Waals surface area (Å²) in [4.78, 5) is 26.2. The van der Waals surface area contributed by atoms with E-state index < -0.39 is 4.92 Å².